The lowest BCUT2D eigenvalue weighted by Crippen LogP contribution is -2.14. The second-order valence-corrected chi connectivity index (χ2v) is 4.63. The molecule has 1 aliphatic rings. The van der Waals surface area contributed by atoms with Crippen molar-refractivity contribution in [1.29, 1.82) is 0 Å². The van der Waals surface area contributed by atoms with E-state index in [2.05, 4.69) is 30.1 Å². The topological polar surface area (TPSA) is 100 Å². The van der Waals surface area contributed by atoms with Crippen LogP contribution in [0.5, 0.6) is 0 Å². The van der Waals surface area contributed by atoms with Crippen molar-refractivity contribution in [2.75, 3.05) is 0 Å². The quantitative estimate of drug-likeness (QED) is 0.710. The van der Waals surface area contributed by atoms with Gasteiger partial charge in [0.25, 0.3) is 5.56 Å². The molecular formula is C12H10N6O. The van der Waals surface area contributed by atoms with Crippen molar-refractivity contribution in [1.82, 2.24) is 30.1 Å². The normalized spacial score (nSPS) is 14.9. The van der Waals surface area contributed by atoms with Crippen molar-refractivity contribution in [3.05, 3.63) is 34.8 Å². The molecule has 0 amide bonds. The van der Waals surface area contributed by atoms with Crippen molar-refractivity contribution >= 4 is 11.0 Å². The highest BCUT2D eigenvalue weighted by Crippen LogP contribution is 2.41. The fraction of sp³-hybridized carbons (Fsp3) is 0.250. The van der Waals surface area contributed by atoms with Crippen LogP contribution in [0.1, 0.15) is 24.5 Å². The molecule has 7 nitrogen and oxygen atoms in total. The number of rotatable bonds is 2. The summed E-state index contributed by atoms with van der Waals surface area (Å²) in [6, 6.07) is 0. The molecule has 2 N–H and O–H groups in total. The molecule has 7 heteroatoms. The first kappa shape index (κ1) is 10.4. The summed E-state index contributed by atoms with van der Waals surface area (Å²) in [5.74, 6) is 0.756. The van der Waals surface area contributed by atoms with E-state index in [0.717, 1.165) is 23.9 Å². The van der Waals surface area contributed by atoms with Gasteiger partial charge in [-0.1, -0.05) is 0 Å². The van der Waals surface area contributed by atoms with Crippen LogP contribution in [-0.4, -0.2) is 30.1 Å². The van der Waals surface area contributed by atoms with E-state index in [0.29, 0.717) is 23.0 Å². The van der Waals surface area contributed by atoms with Gasteiger partial charge in [-0.05, 0) is 12.8 Å². The minimum absolute atomic E-state index is 0.198. The third kappa shape index (κ3) is 1.62. The maximum atomic E-state index is 12.0. The molecule has 0 unspecified atom stereocenters. The van der Waals surface area contributed by atoms with Crippen molar-refractivity contribution in [2.24, 2.45) is 0 Å². The van der Waals surface area contributed by atoms with Crippen LogP contribution in [0.25, 0.3) is 22.4 Å². The SMILES string of the molecule is O=c1[nH]cnc(C2CC2)c1-c1ncc2cn[nH]c2n1. The van der Waals surface area contributed by atoms with Crippen LogP contribution >= 0.6 is 0 Å². The van der Waals surface area contributed by atoms with Gasteiger partial charge in [-0.2, -0.15) is 5.10 Å². The zero-order valence-corrected chi connectivity index (χ0v) is 9.92. The lowest BCUT2D eigenvalue weighted by atomic mass is 10.1. The molecule has 0 bridgehead atoms. The molecule has 3 aromatic heterocycles. The van der Waals surface area contributed by atoms with Crippen LogP contribution in [0.15, 0.2) is 23.5 Å². The smallest absolute Gasteiger partial charge is 0.262 e. The summed E-state index contributed by atoms with van der Waals surface area (Å²) in [7, 11) is 0. The highest BCUT2D eigenvalue weighted by Gasteiger charge is 2.30. The average Bonchev–Trinajstić information content (AvgIpc) is 3.16. The summed E-state index contributed by atoms with van der Waals surface area (Å²) in [4.78, 5) is 27.5. The minimum atomic E-state index is -0.198. The molecule has 1 fully saturated rings. The lowest BCUT2D eigenvalue weighted by molar-refractivity contribution is 0.963. The summed E-state index contributed by atoms with van der Waals surface area (Å²) >= 11 is 0. The molecule has 1 aliphatic carbocycles. The summed E-state index contributed by atoms with van der Waals surface area (Å²) in [5, 5.41) is 7.50. The Kier molecular flexibility index (Phi) is 2.02. The molecule has 0 atom stereocenters. The van der Waals surface area contributed by atoms with Crippen LogP contribution in [0, 0.1) is 0 Å². The number of nitrogens with zero attached hydrogens (tertiary/aromatic N) is 4. The maximum Gasteiger partial charge on any atom is 0.262 e. The molecule has 3 aromatic rings. The van der Waals surface area contributed by atoms with Crippen molar-refractivity contribution in [3.8, 4) is 11.4 Å². The minimum Gasteiger partial charge on any atom is -0.313 e. The van der Waals surface area contributed by atoms with Gasteiger partial charge in [0, 0.05) is 12.1 Å². The summed E-state index contributed by atoms with van der Waals surface area (Å²) in [6.45, 7) is 0. The standard InChI is InChI=1S/C12H10N6O/c19-12-8(9(6-1-2-6)14-5-15-12)11-13-3-7-4-16-18-10(7)17-11/h3-6H,1-2H2,(H,14,15,19)(H,13,16,17,18). The van der Waals surface area contributed by atoms with E-state index in [1.807, 2.05) is 0 Å². The molecule has 94 valence electrons. The molecule has 1 saturated carbocycles. The number of H-pyrrole nitrogens is 2. The molecule has 19 heavy (non-hydrogen) atoms. The summed E-state index contributed by atoms with van der Waals surface area (Å²) in [6.07, 6.45) is 6.87. The van der Waals surface area contributed by atoms with E-state index in [-0.39, 0.29) is 5.56 Å². The predicted octanol–water partition coefficient (Wildman–Crippen LogP) is 0.981. The second-order valence-electron chi connectivity index (χ2n) is 4.63. The van der Waals surface area contributed by atoms with Crippen LogP contribution < -0.4 is 5.56 Å². The van der Waals surface area contributed by atoms with Gasteiger partial charge >= 0.3 is 0 Å². The second kappa shape index (κ2) is 3.71. The first-order valence-electron chi connectivity index (χ1n) is 6.07. The van der Waals surface area contributed by atoms with Gasteiger partial charge in [0.15, 0.2) is 11.5 Å². The molecular weight excluding hydrogens is 244 g/mol. The Morgan fingerprint density at radius 1 is 1.21 bits per heavy atom. The van der Waals surface area contributed by atoms with Gasteiger partial charge < -0.3 is 4.98 Å². The summed E-state index contributed by atoms with van der Waals surface area (Å²) < 4.78 is 0. The zero-order chi connectivity index (χ0) is 12.8. The van der Waals surface area contributed by atoms with Gasteiger partial charge in [-0.3, -0.25) is 9.89 Å². The van der Waals surface area contributed by atoms with Crippen LogP contribution in [-0.2, 0) is 0 Å². The fourth-order valence-corrected chi connectivity index (χ4v) is 2.15. The third-order valence-corrected chi connectivity index (χ3v) is 3.26. The van der Waals surface area contributed by atoms with Gasteiger partial charge in [-0.15, -0.1) is 0 Å². The Balaban J connectivity index is 1.98. The number of hydrogen-bond acceptors (Lipinski definition) is 5. The van der Waals surface area contributed by atoms with Crippen molar-refractivity contribution in [3.63, 3.8) is 0 Å². The predicted molar refractivity (Wildman–Crippen MR) is 67.5 cm³/mol. The van der Waals surface area contributed by atoms with Gasteiger partial charge in [0.2, 0.25) is 0 Å². The highest BCUT2D eigenvalue weighted by molar-refractivity contribution is 5.75. The van der Waals surface area contributed by atoms with E-state index < -0.39 is 0 Å². The van der Waals surface area contributed by atoms with Gasteiger partial charge in [0.05, 0.1) is 23.6 Å². The first-order chi connectivity index (χ1) is 9.33. The van der Waals surface area contributed by atoms with Crippen LogP contribution in [0.2, 0.25) is 0 Å². The van der Waals surface area contributed by atoms with E-state index in [1.54, 1.807) is 12.4 Å². The third-order valence-electron chi connectivity index (χ3n) is 3.26. The molecule has 0 spiro atoms. The Labute approximate surface area is 107 Å². The Morgan fingerprint density at radius 3 is 2.95 bits per heavy atom. The van der Waals surface area contributed by atoms with Gasteiger partial charge in [0.1, 0.15) is 5.56 Å². The van der Waals surface area contributed by atoms with Crippen LogP contribution in [0.4, 0.5) is 0 Å². The van der Waals surface area contributed by atoms with E-state index in [4.69, 9.17) is 0 Å². The Bertz CT molecular complexity index is 816. The number of aromatic amines is 2. The van der Waals surface area contributed by atoms with Crippen molar-refractivity contribution in [2.45, 2.75) is 18.8 Å². The molecule has 0 aromatic carbocycles. The van der Waals surface area contributed by atoms with E-state index in [1.165, 1.54) is 6.33 Å². The maximum absolute atomic E-state index is 12.0. The molecule has 4 rings (SSSR count). The number of fused-ring (bicyclic) bond motifs is 1. The van der Waals surface area contributed by atoms with E-state index in [9.17, 15) is 4.79 Å². The molecule has 3 heterocycles. The number of aromatic nitrogens is 6. The first-order valence-corrected chi connectivity index (χ1v) is 6.07. The van der Waals surface area contributed by atoms with Crippen molar-refractivity contribution < 1.29 is 0 Å². The largest absolute Gasteiger partial charge is 0.313 e. The zero-order valence-electron chi connectivity index (χ0n) is 9.92. The molecule has 0 saturated heterocycles. The van der Waals surface area contributed by atoms with Gasteiger partial charge in [-0.25, -0.2) is 15.0 Å². The molecule has 0 aliphatic heterocycles. The number of nitrogens with one attached hydrogen (secondary N) is 2. The monoisotopic (exact) mass is 254 g/mol. The molecule has 0 radical (unpaired) electrons. The highest BCUT2D eigenvalue weighted by atomic mass is 16.1. The van der Waals surface area contributed by atoms with E-state index >= 15 is 0 Å². The Morgan fingerprint density at radius 2 is 2.11 bits per heavy atom. The summed E-state index contributed by atoms with van der Waals surface area (Å²) in [5.41, 5.74) is 1.69. The lowest BCUT2D eigenvalue weighted by Gasteiger charge is -2.04. The number of hydrogen-bond donors (Lipinski definition) is 2. The fourth-order valence-electron chi connectivity index (χ4n) is 2.15. The average molecular weight is 254 g/mol. The Hall–Kier alpha value is -2.57. The van der Waals surface area contributed by atoms with Crippen LogP contribution in [0.3, 0.4) is 0 Å².